The van der Waals surface area contributed by atoms with E-state index < -0.39 is 21.5 Å². The summed E-state index contributed by atoms with van der Waals surface area (Å²) in [6.45, 7) is 0. The number of hydrogen-bond donors (Lipinski definition) is 2. The molecule has 0 amide bonds. The lowest BCUT2D eigenvalue weighted by Gasteiger charge is -2.28. The van der Waals surface area contributed by atoms with E-state index in [1.807, 2.05) is 0 Å². The second-order valence-electron chi connectivity index (χ2n) is 5.09. The van der Waals surface area contributed by atoms with Crippen molar-refractivity contribution < 1.29 is 18.3 Å². The van der Waals surface area contributed by atoms with Crippen molar-refractivity contribution in [1.29, 1.82) is 0 Å². The lowest BCUT2D eigenvalue weighted by Crippen LogP contribution is -2.47. The van der Waals surface area contributed by atoms with Crippen LogP contribution in [-0.4, -0.2) is 25.0 Å². The summed E-state index contributed by atoms with van der Waals surface area (Å²) in [5, 5.41) is 9.13. The largest absolute Gasteiger partial charge is 0.481 e. The third-order valence-corrected chi connectivity index (χ3v) is 5.61. The Morgan fingerprint density at radius 2 is 1.90 bits per heavy atom. The van der Waals surface area contributed by atoms with Gasteiger partial charge in [0.25, 0.3) is 0 Å². The predicted molar refractivity (Wildman–Crippen MR) is 75.2 cm³/mol. The standard InChI is InChI=1S/C13H16ClNO4S/c14-10-5-1-2-6-11(10)20(18,19)15-13(9-12(16)17)7-3-4-8-13/h1-2,5-6,15H,3-4,7-9H2,(H,16,17). The maximum Gasteiger partial charge on any atom is 0.305 e. The Morgan fingerprint density at radius 3 is 2.45 bits per heavy atom. The van der Waals surface area contributed by atoms with E-state index in [2.05, 4.69) is 4.72 Å². The minimum atomic E-state index is -3.82. The number of halogens is 1. The van der Waals surface area contributed by atoms with Gasteiger partial charge in [-0.25, -0.2) is 13.1 Å². The smallest absolute Gasteiger partial charge is 0.305 e. The van der Waals surface area contributed by atoms with E-state index >= 15 is 0 Å². The summed E-state index contributed by atoms with van der Waals surface area (Å²) in [7, 11) is -3.82. The van der Waals surface area contributed by atoms with E-state index in [0.717, 1.165) is 12.8 Å². The topological polar surface area (TPSA) is 83.5 Å². The molecular formula is C13H16ClNO4S. The van der Waals surface area contributed by atoms with E-state index in [-0.39, 0.29) is 16.3 Å². The molecule has 5 nitrogen and oxygen atoms in total. The van der Waals surface area contributed by atoms with Crippen LogP contribution in [0.2, 0.25) is 5.02 Å². The molecule has 0 radical (unpaired) electrons. The highest BCUT2D eigenvalue weighted by Crippen LogP contribution is 2.34. The second kappa shape index (κ2) is 5.71. The minimum Gasteiger partial charge on any atom is -0.481 e. The van der Waals surface area contributed by atoms with Crippen molar-refractivity contribution in [2.75, 3.05) is 0 Å². The number of sulfonamides is 1. The molecule has 2 rings (SSSR count). The summed E-state index contributed by atoms with van der Waals surface area (Å²) >= 11 is 5.91. The molecule has 7 heteroatoms. The Morgan fingerprint density at radius 1 is 1.30 bits per heavy atom. The van der Waals surface area contributed by atoms with Gasteiger partial charge in [0.2, 0.25) is 10.0 Å². The minimum absolute atomic E-state index is 0.0154. The SMILES string of the molecule is O=C(O)CC1(NS(=O)(=O)c2ccccc2Cl)CCCC1. The summed E-state index contributed by atoms with van der Waals surface area (Å²) in [5.74, 6) is -1.01. The monoisotopic (exact) mass is 317 g/mol. The van der Waals surface area contributed by atoms with Crippen molar-refractivity contribution in [2.45, 2.75) is 42.5 Å². The maximum atomic E-state index is 12.4. The first-order valence-electron chi connectivity index (χ1n) is 6.35. The molecule has 1 saturated carbocycles. The number of hydrogen-bond acceptors (Lipinski definition) is 3. The van der Waals surface area contributed by atoms with Crippen molar-refractivity contribution in [3.05, 3.63) is 29.3 Å². The molecule has 1 fully saturated rings. The van der Waals surface area contributed by atoms with Gasteiger partial charge in [0.05, 0.1) is 11.4 Å². The molecule has 110 valence electrons. The van der Waals surface area contributed by atoms with Crippen LogP contribution in [-0.2, 0) is 14.8 Å². The summed E-state index contributed by atoms with van der Waals surface area (Å²) in [4.78, 5) is 11.0. The van der Waals surface area contributed by atoms with Crippen LogP contribution in [0.3, 0.4) is 0 Å². The number of nitrogens with one attached hydrogen (secondary N) is 1. The van der Waals surface area contributed by atoms with Gasteiger partial charge in [0.15, 0.2) is 0 Å². The number of rotatable bonds is 5. The zero-order valence-electron chi connectivity index (χ0n) is 10.8. The van der Waals surface area contributed by atoms with Crippen molar-refractivity contribution >= 4 is 27.6 Å². The Bertz CT molecular complexity index is 609. The molecule has 1 aromatic carbocycles. The number of benzene rings is 1. The van der Waals surface area contributed by atoms with Crippen LogP contribution in [0, 0.1) is 0 Å². The molecule has 1 aliphatic rings. The normalized spacial score (nSPS) is 18.1. The molecule has 0 heterocycles. The van der Waals surface area contributed by atoms with Crippen LogP contribution in [0.25, 0.3) is 0 Å². The quantitative estimate of drug-likeness (QED) is 0.873. The average Bonchev–Trinajstić information content (AvgIpc) is 2.75. The van der Waals surface area contributed by atoms with Crippen LogP contribution >= 0.6 is 11.6 Å². The first-order valence-corrected chi connectivity index (χ1v) is 8.21. The average molecular weight is 318 g/mol. The summed E-state index contributed by atoms with van der Waals surface area (Å²) < 4.78 is 27.4. The highest BCUT2D eigenvalue weighted by molar-refractivity contribution is 7.89. The van der Waals surface area contributed by atoms with Crippen molar-refractivity contribution in [3.8, 4) is 0 Å². The van der Waals surface area contributed by atoms with Gasteiger partial charge in [0.1, 0.15) is 4.90 Å². The van der Waals surface area contributed by atoms with Gasteiger partial charge in [-0.05, 0) is 25.0 Å². The zero-order valence-corrected chi connectivity index (χ0v) is 12.4. The molecule has 0 unspecified atom stereocenters. The van der Waals surface area contributed by atoms with Crippen LogP contribution in [0.1, 0.15) is 32.1 Å². The number of carboxylic acid groups (broad SMARTS) is 1. The second-order valence-corrected chi connectivity index (χ2v) is 7.15. The lowest BCUT2D eigenvalue weighted by molar-refractivity contribution is -0.138. The van der Waals surface area contributed by atoms with Crippen molar-refractivity contribution in [1.82, 2.24) is 4.72 Å². The Hall–Kier alpha value is -1.11. The molecular weight excluding hydrogens is 302 g/mol. The number of carboxylic acids is 1. The highest BCUT2D eigenvalue weighted by atomic mass is 35.5. The van der Waals surface area contributed by atoms with Gasteiger partial charge in [0, 0.05) is 5.54 Å². The van der Waals surface area contributed by atoms with Gasteiger partial charge >= 0.3 is 5.97 Å². The Balaban J connectivity index is 2.31. The fourth-order valence-corrected chi connectivity index (χ4v) is 4.64. The molecule has 0 aromatic heterocycles. The third kappa shape index (κ3) is 3.31. The molecule has 1 aliphatic carbocycles. The zero-order chi connectivity index (χ0) is 14.8. The van der Waals surface area contributed by atoms with E-state index in [1.54, 1.807) is 12.1 Å². The lowest BCUT2D eigenvalue weighted by atomic mass is 9.95. The van der Waals surface area contributed by atoms with Crippen molar-refractivity contribution in [2.24, 2.45) is 0 Å². The van der Waals surface area contributed by atoms with Crippen LogP contribution in [0.15, 0.2) is 29.2 Å². The van der Waals surface area contributed by atoms with Gasteiger partial charge in [-0.1, -0.05) is 36.6 Å². The van der Waals surface area contributed by atoms with E-state index in [4.69, 9.17) is 16.7 Å². The third-order valence-electron chi connectivity index (χ3n) is 3.53. The Kier molecular flexibility index (Phi) is 4.36. The van der Waals surface area contributed by atoms with Crippen LogP contribution in [0.5, 0.6) is 0 Å². The van der Waals surface area contributed by atoms with Crippen LogP contribution < -0.4 is 4.72 Å². The van der Waals surface area contributed by atoms with E-state index in [9.17, 15) is 13.2 Å². The fraction of sp³-hybridized carbons (Fsp3) is 0.462. The molecule has 20 heavy (non-hydrogen) atoms. The van der Waals surface area contributed by atoms with Gasteiger partial charge in [-0.15, -0.1) is 0 Å². The van der Waals surface area contributed by atoms with E-state index in [0.29, 0.717) is 12.8 Å². The molecule has 0 atom stereocenters. The van der Waals surface area contributed by atoms with E-state index in [1.165, 1.54) is 12.1 Å². The summed E-state index contributed by atoms with van der Waals surface area (Å²) in [5.41, 5.74) is -0.899. The molecule has 0 saturated heterocycles. The van der Waals surface area contributed by atoms with Crippen LogP contribution in [0.4, 0.5) is 0 Å². The summed E-state index contributed by atoms with van der Waals surface area (Å²) in [6, 6.07) is 6.13. The number of aliphatic carboxylic acids is 1. The fourth-order valence-electron chi connectivity index (χ4n) is 2.66. The summed E-state index contributed by atoms with van der Waals surface area (Å²) in [6.07, 6.45) is 2.49. The van der Waals surface area contributed by atoms with Gasteiger partial charge in [-0.3, -0.25) is 4.79 Å². The first kappa shape index (κ1) is 15.3. The first-order chi connectivity index (χ1) is 9.35. The molecule has 0 aliphatic heterocycles. The molecule has 0 bridgehead atoms. The maximum absolute atomic E-state index is 12.4. The Labute approximate surface area is 123 Å². The van der Waals surface area contributed by atoms with Gasteiger partial charge < -0.3 is 5.11 Å². The van der Waals surface area contributed by atoms with Crippen molar-refractivity contribution in [3.63, 3.8) is 0 Å². The molecule has 1 aromatic rings. The molecule has 0 spiro atoms. The molecule has 2 N–H and O–H groups in total. The van der Waals surface area contributed by atoms with Gasteiger partial charge in [-0.2, -0.15) is 0 Å². The predicted octanol–water partition coefficient (Wildman–Crippen LogP) is 2.41. The number of carbonyl (C=O) groups is 1. The highest BCUT2D eigenvalue weighted by Gasteiger charge is 2.40.